The Morgan fingerprint density at radius 1 is 1.37 bits per heavy atom. The molecule has 0 unspecified atom stereocenters. The van der Waals surface area contributed by atoms with Gasteiger partial charge in [-0.15, -0.1) is 0 Å². The van der Waals surface area contributed by atoms with E-state index in [4.69, 9.17) is 9.47 Å². The van der Waals surface area contributed by atoms with Crippen LogP contribution in [0.25, 0.3) is 0 Å². The Bertz CT molecular complexity index is 679. The first kappa shape index (κ1) is 21.4. The number of hydrogen-bond donors (Lipinski definition) is 1. The van der Waals surface area contributed by atoms with Crippen LogP contribution in [0.2, 0.25) is 0 Å². The molecule has 1 N–H and O–H groups in total. The van der Waals surface area contributed by atoms with E-state index in [0.717, 1.165) is 19.3 Å². The van der Waals surface area contributed by atoms with Crippen LogP contribution in [0, 0.1) is 10.1 Å². The fourth-order valence-corrected chi connectivity index (χ4v) is 5.53. The number of benzene rings is 1. The average Bonchev–Trinajstić information content (AvgIpc) is 3.17. The van der Waals surface area contributed by atoms with E-state index in [1.165, 1.54) is 37.5 Å². The molecule has 0 aromatic heterocycles. The summed E-state index contributed by atoms with van der Waals surface area (Å²) in [5.74, 6) is 0.419. The Hall–Kier alpha value is -1.94. The van der Waals surface area contributed by atoms with Crippen molar-refractivity contribution < 1.29 is 24.0 Å². The number of hydrogen-bond acceptors (Lipinski definition) is 8. The second-order valence-corrected chi connectivity index (χ2v) is 8.71. The second kappa shape index (κ2) is 11.0. The third-order valence-electron chi connectivity index (χ3n) is 3.92. The van der Waals surface area contributed by atoms with E-state index in [9.17, 15) is 19.7 Å². The number of nitro groups is 1. The summed E-state index contributed by atoms with van der Waals surface area (Å²) < 4.78 is 10.0. The first-order valence-electron chi connectivity index (χ1n) is 8.55. The average molecular weight is 415 g/mol. The number of nitrogens with zero attached hydrogens (tertiary/aromatic N) is 1. The summed E-state index contributed by atoms with van der Waals surface area (Å²) in [6.07, 6.45) is 4.34. The van der Waals surface area contributed by atoms with Crippen molar-refractivity contribution in [2.24, 2.45) is 0 Å². The lowest BCUT2D eigenvalue weighted by molar-refractivity contribution is -0.384. The maximum Gasteiger partial charge on any atom is 0.306 e. The minimum absolute atomic E-state index is 0.147. The molecule has 2 rings (SSSR count). The van der Waals surface area contributed by atoms with Crippen LogP contribution in [0.15, 0.2) is 18.2 Å². The number of amides is 1. The summed E-state index contributed by atoms with van der Waals surface area (Å²) in [6, 6.07) is 3.84. The molecule has 10 heteroatoms. The van der Waals surface area contributed by atoms with Gasteiger partial charge < -0.3 is 14.8 Å². The molecule has 0 spiro atoms. The molecule has 1 aliphatic heterocycles. The van der Waals surface area contributed by atoms with E-state index in [1.807, 2.05) is 21.6 Å². The highest BCUT2D eigenvalue weighted by Crippen LogP contribution is 2.39. The Morgan fingerprint density at radius 3 is 2.85 bits per heavy atom. The molecule has 8 nitrogen and oxygen atoms in total. The maximum atomic E-state index is 11.9. The van der Waals surface area contributed by atoms with E-state index in [2.05, 4.69) is 5.32 Å². The van der Waals surface area contributed by atoms with Gasteiger partial charge in [-0.3, -0.25) is 19.7 Å². The van der Waals surface area contributed by atoms with Crippen LogP contribution in [0.5, 0.6) is 5.75 Å². The van der Waals surface area contributed by atoms with Crippen LogP contribution in [-0.2, 0) is 14.3 Å². The topological polar surface area (TPSA) is 108 Å². The first-order chi connectivity index (χ1) is 13.0. The third kappa shape index (κ3) is 7.30. The van der Waals surface area contributed by atoms with Crippen LogP contribution in [0.3, 0.4) is 0 Å². The van der Waals surface area contributed by atoms with Crippen molar-refractivity contribution in [3.8, 4) is 5.75 Å². The number of carbonyl (C=O) groups is 2. The summed E-state index contributed by atoms with van der Waals surface area (Å²) in [7, 11) is 5.17. The van der Waals surface area contributed by atoms with Gasteiger partial charge in [0, 0.05) is 23.5 Å². The summed E-state index contributed by atoms with van der Waals surface area (Å²) in [4.78, 5) is 33.9. The minimum Gasteiger partial charge on any atom is -0.494 e. The SMILES string of the molecule is COc1cc([N+](=O)[O-])ccc1NC(=O)COC(=O)CCCC[C@@H]1CCSS1. The molecule has 0 radical (unpaired) electrons. The van der Waals surface area contributed by atoms with Gasteiger partial charge in [0.25, 0.3) is 11.6 Å². The molecule has 1 atom stereocenters. The number of rotatable bonds is 10. The van der Waals surface area contributed by atoms with Crippen LogP contribution in [0.1, 0.15) is 32.1 Å². The number of unbranched alkanes of at least 4 members (excludes halogenated alkanes) is 1. The third-order valence-corrected chi connectivity index (χ3v) is 6.93. The molecule has 1 saturated heterocycles. The van der Waals surface area contributed by atoms with E-state index in [-0.39, 0.29) is 17.1 Å². The second-order valence-electron chi connectivity index (χ2n) is 5.93. The highest BCUT2D eigenvalue weighted by molar-refractivity contribution is 8.77. The van der Waals surface area contributed by atoms with Crippen molar-refractivity contribution in [2.45, 2.75) is 37.4 Å². The number of carbonyl (C=O) groups excluding carboxylic acids is 2. The highest BCUT2D eigenvalue weighted by Gasteiger charge is 2.17. The maximum absolute atomic E-state index is 11.9. The lowest BCUT2D eigenvalue weighted by Crippen LogP contribution is -2.21. The molecule has 27 heavy (non-hydrogen) atoms. The van der Waals surface area contributed by atoms with Gasteiger partial charge in [0.1, 0.15) is 5.75 Å². The molecule has 0 saturated carbocycles. The Kier molecular flexibility index (Phi) is 8.73. The molecule has 1 aliphatic rings. The van der Waals surface area contributed by atoms with Crippen LogP contribution in [0.4, 0.5) is 11.4 Å². The molecule has 0 bridgehead atoms. The van der Waals surface area contributed by atoms with Crippen molar-refractivity contribution >= 4 is 44.8 Å². The smallest absolute Gasteiger partial charge is 0.306 e. The van der Waals surface area contributed by atoms with E-state index >= 15 is 0 Å². The Labute approximate surface area is 165 Å². The van der Waals surface area contributed by atoms with Gasteiger partial charge in [-0.2, -0.15) is 0 Å². The zero-order valence-electron chi connectivity index (χ0n) is 15.0. The molecular weight excluding hydrogens is 392 g/mol. The molecular formula is C17H22N2O6S2. The van der Waals surface area contributed by atoms with Gasteiger partial charge in [0.05, 0.1) is 23.8 Å². The molecule has 148 valence electrons. The van der Waals surface area contributed by atoms with Crippen molar-refractivity contribution in [2.75, 3.05) is 24.8 Å². The largest absolute Gasteiger partial charge is 0.494 e. The minimum atomic E-state index is -0.555. The Morgan fingerprint density at radius 2 is 2.19 bits per heavy atom. The van der Waals surface area contributed by atoms with Gasteiger partial charge >= 0.3 is 5.97 Å². The first-order valence-corrected chi connectivity index (χ1v) is 10.9. The number of non-ortho nitro benzene ring substituents is 1. The number of ether oxygens (including phenoxy) is 2. The lowest BCUT2D eigenvalue weighted by atomic mass is 10.1. The van der Waals surface area contributed by atoms with E-state index < -0.39 is 23.4 Å². The lowest BCUT2D eigenvalue weighted by Gasteiger charge is -2.10. The number of methoxy groups -OCH3 is 1. The van der Waals surface area contributed by atoms with Crippen molar-refractivity contribution in [1.82, 2.24) is 0 Å². The zero-order chi connectivity index (χ0) is 19.6. The fourth-order valence-electron chi connectivity index (χ4n) is 2.51. The van der Waals surface area contributed by atoms with Gasteiger partial charge in [-0.1, -0.05) is 28.0 Å². The Balaban J connectivity index is 1.69. The molecule has 1 aromatic carbocycles. The predicted molar refractivity (Wildman–Crippen MR) is 106 cm³/mol. The predicted octanol–water partition coefficient (Wildman–Crippen LogP) is 3.80. The monoisotopic (exact) mass is 414 g/mol. The number of nitro benzene ring substituents is 1. The van der Waals surface area contributed by atoms with Crippen molar-refractivity contribution in [3.05, 3.63) is 28.3 Å². The molecule has 1 aromatic rings. The number of anilines is 1. The van der Waals surface area contributed by atoms with Crippen LogP contribution < -0.4 is 10.1 Å². The standard InChI is InChI=1S/C17H22N2O6S2/c1-24-15-10-12(19(22)23)6-7-14(15)18-16(20)11-25-17(21)5-3-2-4-13-8-9-26-27-13/h6-7,10,13H,2-5,8-9,11H2,1H3,(H,18,20)/t13-/m1/s1. The quantitative estimate of drug-likeness (QED) is 0.202. The molecule has 1 amide bonds. The summed E-state index contributed by atoms with van der Waals surface area (Å²) >= 11 is 0. The molecule has 0 aliphatic carbocycles. The summed E-state index contributed by atoms with van der Waals surface area (Å²) in [5.41, 5.74) is 0.127. The summed E-state index contributed by atoms with van der Waals surface area (Å²) in [6.45, 7) is -0.409. The van der Waals surface area contributed by atoms with Crippen molar-refractivity contribution in [3.63, 3.8) is 0 Å². The van der Waals surface area contributed by atoms with Gasteiger partial charge in [-0.25, -0.2) is 0 Å². The normalized spacial score (nSPS) is 16.0. The van der Waals surface area contributed by atoms with Gasteiger partial charge in [0.15, 0.2) is 6.61 Å². The molecule has 1 fully saturated rings. The van der Waals surface area contributed by atoms with E-state index in [0.29, 0.717) is 11.7 Å². The van der Waals surface area contributed by atoms with Gasteiger partial charge in [0.2, 0.25) is 0 Å². The summed E-state index contributed by atoms with van der Waals surface area (Å²) in [5, 5.41) is 14.0. The fraction of sp³-hybridized carbons (Fsp3) is 0.529. The highest BCUT2D eigenvalue weighted by atomic mass is 33.1. The van der Waals surface area contributed by atoms with Crippen molar-refractivity contribution in [1.29, 1.82) is 0 Å². The zero-order valence-corrected chi connectivity index (χ0v) is 16.6. The van der Waals surface area contributed by atoms with Crippen LogP contribution >= 0.6 is 21.6 Å². The number of nitrogens with one attached hydrogen (secondary N) is 1. The van der Waals surface area contributed by atoms with Crippen LogP contribution in [-0.4, -0.2) is 41.5 Å². The van der Waals surface area contributed by atoms with E-state index in [1.54, 1.807) is 0 Å². The number of esters is 1. The van der Waals surface area contributed by atoms with Gasteiger partial charge in [-0.05, 0) is 25.3 Å². The molecule has 1 heterocycles.